The highest BCUT2D eigenvalue weighted by atomic mass is 32.1. The fourth-order valence-electron chi connectivity index (χ4n) is 2.01. The maximum Gasteiger partial charge on any atom is 0.0794 e. The number of hydrogen-bond acceptors (Lipinski definition) is 5. The van der Waals surface area contributed by atoms with Crippen molar-refractivity contribution >= 4 is 11.3 Å². The summed E-state index contributed by atoms with van der Waals surface area (Å²) in [7, 11) is 0. The molecule has 5 nitrogen and oxygen atoms in total. The Kier molecular flexibility index (Phi) is 5.53. The number of aromatic amines is 1. The number of hydrogen-bond donors (Lipinski definition) is 3. The quantitative estimate of drug-likeness (QED) is 0.682. The third-order valence-electron chi connectivity index (χ3n) is 2.93. The minimum Gasteiger partial charge on any atom is -0.396 e. The molecule has 0 bridgehead atoms. The largest absolute Gasteiger partial charge is 0.396 e. The summed E-state index contributed by atoms with van der Waals surface area (Å²) in [6, 6.07) is 4.08. The highest BCUT2D eigenvalue weighted by Crippen LogP contribution is 2.26. The van der Waals surface area contributed by atoms with Crippen LogP contribution in [0.5, 0.6) is 0 Å². The lowest BCUT2D eigenvalue weighted by Crippen LogP contribution is -2.28. The maximum absolute atomic E-state index is 9.09. The Bertz CT molecular complexity index is 470. The summed E-state index contributed by atoms with van der Waals surface area (Å²) < 4.78 is 0. The minimum absolute atomic E-state index is 0.123. The lowest BCUT2D eigenvalue weighted by atomic mass is 10.2. The second kappa shape index (κ2) is 7.40. The molecule has 0 aliphatic rings. The molecule has 2 aromatic heterocycles. The van der Waals surface area contributed by atoms with Crippen LogP contribution in [0.15, 0.2) is 23.7 Å². The molecule has 0 saturated carbocycles. The first-order valence-corrected chi connectivity index (χ1v) is 7.23. The van der Waals surface area contributed by atoms with E-state index in [9.17, 15) is 0 Å². The third-order valence-corrected chi connectivity index (χ3v) is 3.82. The smallest absolute Gasteiger partial charge is 0.0794 e. The summed E-state index contributed by atoms with van der Waals surface area (Å²) in [6.07, 6.45) is 2.55. The maximum atomic E-state index is 9.09. The molecule has 104 valence electrons. The van der Waals surface area contributed by atoms with Gasteiger partial charge in [-0.1, -0.05) is 6.07 Å². The first kappa shape index (κ1) is 14.2. The molecule has 0 fully saturated rings. The van der Waals surface area contributed by atoms with E-state index in [1.54, 1.807) is 11.3 Å². The lowest BCUT2D eigenvalue weighted by Gasteiger charge is -2.20. The Hall–Kier alpha value is -1.21. The van der Waals surface area contributed by atoms with E-state index < -0.39 is 0 Å². The van der Waals surface area contributed by atoms with E-state index in [1.807, 2.05) is 17.6 Å². The number of nitrogens with zero attached hydrogens (tertiary/aromatic N) is 2. The second-order valence-electron chi connectivity index (χ2n) is 4.32. The van der Waals surface area contributed by atoms with Gasteiger partial charge in [-0.25, -0.2) is 0 Å². The van der Waals surface area contributed by atoms with Crippen LogP contribution in [0.25, 0.3) is 10.6 Å². The third kappa shape index (κ3) is 3.87. The van der Waals surface area contributed by atoms with Gasteiger partial charge in [0.25, 0.3) is 0 Å². The van der Waals surface area contributed by atoms with Crippen LogP contribution in [0, 0.1) is 0 Å². The zero-order valence-corrected chi connectivity index (χ0v) is 11.6. The first-order valence-electron chi connectivity index (χ1n) is 6.35. The Morgan fingerprint density at radius 2 is 2.16 bits per heavy atom. The van der Waals surface area contributed by atoms with E-state index in [-0.39, 0.29) is 13.2 Å². The van der Waals surface area contributed by atoms with Gasteiger partial charge in [0.2, 0.25) is 0 Å². The van der Waals surface area contributed by atoms with E-state index in [0.29, 0.717) is 13.0 Å². The van der Waals surface area contributed by atoms with Crippen molar-refractivity contribution in [2.45, 2.75) is 13.0 Å². The van der Waals surface area contributed by atoms with E-state index in [0.717, 1.165) is 24.3 Å². The zero-order chi connectivity index (χ0) is 13.5. The molecule has 0 aliphatic heterocycles. The summed E-state index contributed by atoms with van der Waals surface area (Å²) in [5.41, 5.74) is 2.16. The van der Waals surface area contributed by atoms with Gasteiger partial charge in [0, 0.05) is 31.8 Å². The lowest BCUT2D eigenvalue weighted by molar-refractivity contribution is 0.174. The Labute approximate surface area is 116 Å². The van der Waals surface area contributed by atoms with Gasteiger partial charge in [0.05, 0.1) is 23.4 Å². The van der Waals surface area contributed by atoms with Crippen LogP contribution in [-0.2, 0) is 6.54 Å². The molecule has 0 amide bonds. The molecular weight excluding hydrogens is 262 g/mol. The second-order valence-corrected chi connectivity index (χ2v) is 5.27. The minimum atomic E-state index is 0.123. The van der Waals surface area contributed by atoms with Crippen molar-refractivity contribution in [2.75, 3.05) is 26.3 Å². The molecule has 2 aromatic rings. The summed E-state index contributed by atoms with van der Waals surface area (Å²) >= 11 is 1.67. The normalized spacial score (nSPS) is 11.3. The highest BCUT2D eigenvalue weighted by molar-refractivity contribution is 7.13. The molecule has 0 atom stereocenters. The number of aliphatic hydroxyl groups excluding tert-OH is 2. The van der Waals surface area contributed by atoms with Crippen LogP contribution in [-0.4, -0.2) is 51.6 Å². The van der Waals surface area contributed by atoms with Crippen LogP contribution in [0.1, 0.15) is 12.0 Å². The zero-order valence-electron chi connectivity index (χ0n) is 10.7. The van der Waals surface area contributed by atoms with E-state index >= 15 is 0 Å². The monoisotopic (exact) mass is 281 g/mol. The van der Waals surface area contributed by atoms with Crippen molar-refractivity contribution in [2.24, 2.45) is 0 Å². The van der Waals surface area contributed by atoms with Crippen molar-refractivity contribution in [3.05, 3.63) is 29.3 Å². The van der Waals surface area contributed by atoms with Gasteiger partial charge >= 0.3 is 0 Å². The standard InChI is InChI=1S/C13H19N3O2S/c17-6-2-4-16(5-7-18)10-11-9-14-15-13(11)12-3-1-8-19-12/h1,3,8-9,17-18H,2,4-7,10H2,(H,14,15). The summed E-state index contributed by atoms with van der Waals surface area (Å²) in [4.78, 5) is 3.29. The van der Waals surface area contributed by atoms with Crippen LogP contribution in [0.3, 0.4) is 0 Å². The van der Waals surface area contributed by atoms with E-state index in [1.165, 1.54) is 4.88 Å². The average molecular weight is 281 g/mol. The molecular formula is C13H19N3O2S. The van der Waals surface area contributed by atoms with Crippen LogP contribution in [0.2, 0.25) is 0 Å². The molecule has 0 aliphatic carbocycles. The predicted octanol–water partition coefficient (Wildman–Crippen LogP) is 1.31. The number of aromatic nitrogens is 2. The van der Waals surface area contributed by atoms with Crippen molar-refractivity contribution in [1.82, 2.24) is 15.1 Å². The molecule has 0 radical (unpaired) electrons. The fraction of sp³-hybridized carbons (Fsp3) is 0.462. The Morgan fingerprint density at radius 3 is 2.84 bits per heavy atom. The first-order chi connectivity index (χ1) is 9.35. The Morgan fingerprint density at radius 1 is 1.26 bits per heavy atom. The van der Waals surface area contributed by atoms with Gasteiger partial charge in [-0.2, -0.15) is 5.10 Å². The Balaban J connectivity index is 2.06. The highest BCUT2D eigenvalue weighted by Gasteiger charge is 2.12. The molecule has 6 heteroatoms. The van der Waals surface area contributed by atoms with E-state index in [2.05, 4.69) is 21.2 Å². The number of aliphatic hydroxyl groups is 2. The number of H-pyrrole nitrogens is 1. The molecule has 0 aromatic carbocycles. The molecule has 19 heavy (non-hydrogen) atoms. The van der Waals surface area contributed by atoms with Crippen LogP contribution >= 0.6 is 11.3 Å². The molecule has 2 heterocycles. The van der Waals surface area contributed by atoms with Crippen LogP contribution in [0.4, 0.5) is 0 Å². The number of rotatable bonds is 8. The summed E-state index contributed by atoms with van der Waals surface area (Å²) in [5, 5.41) is 27.2. The number of nitrogens with one attached hydrogen (secondary N) is 1. The average Bonchev–Trinajstić information content (AvgIpc) is 3.06. The topological polar surface area (TPSA) is 72.4 Å². The molecule has 3 N–H and O–H groups in total. The molecule has 0 unspecified atom stereocenters. The van der Waals surface area contributed by atoms with Gasteiger partial charge in [-0.05, 0) is 17.9 Å². The van der Waals surface area contributed by atoms with Crippen LogP contribution < -0.4 is 0 Å². The summed E-state index contributed by atoms with van der Waals surface area (Å²) in [6.45, 7) is 2.40. The van der Waals surface area contributed by atoms with Crippen molar-refractivity contribution in [3.63, 3.8) is 0 Å². The SMILES string of the molecule is OCCCN(CCO)Cc1cn[nH]c1-c1cccs1. The van der Waals surface area contributed by atoms with Gasteiger partial charge < -0.3 is 10.2 Å². The van der Waals surface area contributed by atoms with Gasteiger partial charge in [-0.15, -0.1) is 11.3 Å². The van der Waals surface area contributed by atoms with Gasteiger partial charge in [0.1, 0.15) is 0 Å². The summed E-state index contributed by atoms with van der Waals surface area (Å²) in [5.74, 6) is 0. The predicted molar refractivity (Wildman–Crippen MR) is 76.0 cm³/mol. The van der Waals surface area contributed by atoms with Gasteiger partial charge in [0.15, 0.2) is 0 Å². The molecule has 2 rings (SSSR count). The fourth-order valence-corrected chi connectivity index (χ4v) is 2.77. The molecule has 0 saturated heterocycles. The van der Waals surface area contributed by atoms with Gasteiger partial charge in [-0.3, -0.25) is 10.00 Å². The van der Waals surface area contributed by atoms with Crippen molar-refractivity contribution in [1.29, 1.82) is 0 Å². The van der Waals surface area contributed by atoms with Crippen molar-refractivity contribution in [3.8, 4) is 10.6 Å². The molecule has 0 spiro atoms. The van der Waals surface area contributed by atoms with Crippen molar-refractivity contribution < 1.29 is 10.2 Å². The number of thiophene rings is 1. The van der Waals surface area contributed by atoms with E-state index in [4.69, 9.17) is 10.2 Å².